The maximum Gasteiger partial charge on any atom is 0.293 e. The minimum absolute atomic E-state index is 0.0925. The van der Waals surface area contributed by atoms with Crippen LogP contribution in [0.1, 0.15) is 0 Å². The highest BCUT2D eigenvalue weighted by molar-refractivity contribution is 9.13. The van der Waals surface area contributed by atoms with Crippen LogP contribution in [-0.2, 0) is 0 Å². The molecule has 1 aromatic rings. The van der Waals surface area contributed by atoms with Gasteiger partial charge in [-0.25, -0.2) is 0 Å². The largest absolute Gasteiger partial charge is 0.392 e. The molecule has 0 radical (unpaired) electrons. The minimum atomic E-state index is -0.521. The lowest BCUT2D eigenvalue weighted by Gasteiger charge is -2.00. The van der Waals surface area contributed by atoms with Gasteiger partial charge in [0, 0.05) is 10.5 Å². The number of benzene rings is 1. The molecule has 0 amide bonds. The zero-order valence-corrected chi connectivity index (χ0v) is 8.92. The van der Waals surface area contributed by atoms with Gasteiger partial charge in [-0.05, 0) is 37.9 Å². The zero-order valence-electron chi connectivity index (χ0n) is 5.75. The second-order valence-corrected chi connectivity index (χ2v) is 3.70. The number of halogens is 2. The van der Waals surface area contributed by atoms with E-state index in [9.17, 15) is 10.1 Å². The molecule has 6 heteroatoms. The van der Waals surface area contributed by atoms with Crippen molar-refractivity contribution in [2.75, 3.05) is 5.73 Å². The molecule has 2 N–H and O–H groups in total. The fourth-order valence-electron chi connectivity index (χ4n) is 0.715. The smallest absolute Gasteiger partial charge is 0.293 e. The first-order chi connectivity index (χ1) is 5.54. The number of hydrogen-bond donors (Lipinski definition) is 1. The monoisotopic (exact) mass is 294 g/mol. The third-order valence-corrected chi connectivity index (χ3v) is 3.35. The van der Waals surface area contributed by atoms with Crippen molar-refractivity contribution in [3.63, 3.8) is 0 Å². The van der Waals surface area contributed by atoms with Crippen LogP contribution in [0.5, 0.6) is 0 Å². The first-order valence-corrected chi connectivity index (χ1v) is 4.50. The Morgan fingerprint density at radius 2 is 2.00 bits per heavy atom. The Morgan fingerprint density at radius 3 is 2.50 bits per heavy atom. The molecule has 1 aromatic carbocycles. The standard InChI is InChI=1S/C6H4Br2N2O2/c7-3-1-2-4(10(11)12)6(9)5(3)8/h1-2H,9H2. The average molecular weight is 296 g/mol. The highest BCUT2D eigenvalue weighted by Crippen LogP contribution is 2.35. The van der Waals surface area contributed by atoms with Crippen LogP contribution in [0.4, 0.5) is 11.4 Å². The number of rotatable bonds is 1. The van der Waals surface area contributed by atoms with E-state index in [0.29, 0.717) is 8.95 Å². The van der Waals surface area contributed by atoms with Crippen molar-refractivity contribution in [1.82, 2.24) is 0 Å². The molecule has 0 atom stereocenters. The van der Waals surface area contributed by atoms with E-state index in [0.717, 1.165) is 0 Å². The Kier molecular flexibility index (Phi) is 2.69. The van der Waals surface area contributed by atoms with E-state index < -0.39 is 4.92 Å². The summed E-state index contributed by atoms with van der Waals surface area (Å²) in [5.74, 6) is 0. The summed E-state index contributed by atoms with van der Waals surface area (Å²) in [5.41, 5.74) is 5.51. The second-order valence-electron chi connectivity index (χ2n) is 2.05. The van der Waals surface area contributed by atoms with Crippen LogP contribution in [-0.4, -0.2) is 4.92 Å². The van der Waals surface area contributed by atoms with Crippen molar-refractivity contribution < 1.29 is 4.92 Å². The molecule has 0 aliphatic heterocycles. The molecule has 0 aromatic heterocycles. The van der Waals surface area contributed by atoms with Crippen molar-refractivity contribution in [1.29, 1.82) is 0 Å². The van der Waals surface area contributed by atoms with E-state index in [1.807, 2.05) is 0 Å². The quantitative estimate of drug-likeness (QED) is 0.492. The predicted octanol–water partition coefficient (Wildman–Crippen LogP) is 2.70. The number of nitro benzene ring substituents is 1. The van der Waals surface area contributed by atoms with Crippen LogP contribution >= 0.6 is 31.9 Å². The third kappa shape index (κ3) is 1.59. The lowest BCUT2D eigenvalue weighted by Crippen LogP contribution is -1.96. The molecule has 0 aliphatic rings. The van der Waals surface area contributed by atoms with E-state index >= 15 is 0 Å². The van der Waals surface area contributed by atoms with Gasteiger partial charge >= 0.3 is 0 Å². The van der Waals surface area contributed by atoms with Gasteiger partial charge in [0.1, 0.15) is 5.69 Å². The van der Waals surface area contributed by atoms with Gasteiger partial charge in [0.15, 0.2) is 0 Å². The van der Waals surface area contributed by atoms with Crippen molar-refractivity contribution in [3.8, 4) is 0 Å². The maximum atomic E-state index is 10.4. The Hall–Kier alpha value is -0.620. The summed E-state index contributed by atoms with van der Waals surface area (Å²) in [6, 6.07) is 2.92. The summed E-state index contributed by atoms with van der Waals surface area (Å²) in [4.78, 5) is 9.85. The molecule has 0 spiro atoms. The van der Waals surface area contributed by atoms with Crippen molar-refractivity contribution >= 4 is 43.2 Å². The van der Waals surface area contributed by atoms with Crippen LogP contribution in [0, 0.1) is 10.1 Å². The summed E-state index contributed by atoms with van der Waals surface area (Å²) in [6.45, 7) is 0. The number of nitrogens with two attached hydrogens (primary N) is 1. The third-order valence-electron chi connectivity index (χ3n) is 1.31. The molecule has 12 heavy (non-hydrogen) atoms. The number of hydrogen-bond acceptors (Lipinski definition) is 3. The van der Waals surface area contributed by atoms with Crippen LogP contribution in [0.25, 0.3) is 0 Å². The number of anilines is 1. The van der Waals surface area contributed by atoms with Crippen molar-refractivity contribution in [2.45, 2.75) is 0 Å². The van der Waals surface area contributed by atoms with Gasteiger partial charge in [0.05, 0.1) is 9.40 Å². The van der Waals surface area contributed by atoms with Gasteiger partial charge in [0.2, 0.25) is 0 Å². The van der Waals surface area contributed by atoms with E-state index in [1.165, 1.54) is 6.07 Å². The Balaban J connectivity index is 3.36. The van der Waals surface area contributed by atoms with Gasteiger partial charge in [-0.2, -0.15) is 0 Å². The first kappa shape index (κ1) is 9.47. The van der Waals surface area contributed by atoms with Gasteiger partial charge in [-0.3, -0.25) is 10.1 Å². The van der Waals surface area contributed by atoms with Crippen LogP contribution in [0.15, 0.2) is 21.1 Å². The van der Waals surface area contributed by atoms with E-state index in [4.69, 9.17) is 5.73 Å². The number of nitrogen functional groups attached to an aromatic ring is 1. The molecule has 0 fully saturated rings. The highest BCUT2D eigenvalue weighted by atomic mass is 79.9. The first-order valence-electron chi connectivity index (χ1n) is 2.92. The van der Waals surface area contributed by atoms with Crippen LogP contribution in [0.2, 0.25) is 0 Å². The molecule has 0 bridgehead atoms. The summed E-state index contributed by atoms with van der Waals surface area (Å²) < 4.78 is 1.21. The molecule has 0 heterocycles. The minimum Gasteiger partial charge on any atom is -0.392 e. The van der Waals surface area contributed by atoms with Crippen LogP contribution < -0.4 is 5.73 Å². The lowest BCUT2D eigenvalue weighted by molar-refractivity contribution is -0.384. The molecular weight excluding hydrogens is 292 g/mol. The highest BCUT2D eigenvalue weighted by Gasteiger charge is 2.15. The van der Waals surface area contributed by atoms with E-state index in [-0.39, 0.29) is 11.4 Å². The lowest BCUT2D eigenvalue weighted by atomic mass is 10.3. The molecule has 1 rings (SSSR count). The van der Waals surface area contributed by atoms with E-state index in [2.05, 4.69) is 31.9 Å². The fourth-order valence-corrected chi connectivity index (χ4v) is 1.40. The topological polar surface area (TPSA) is 69.2 Å². The molecule has 0 saturated heterocycles. The Bertz CT molecular complexity index is 341. The van der Waals surface area contributed by atoms with Crippen LogP contribution in [0.3, 0.4) is 0 Å². The summed E-state index contributed by atoms with van der Waals surface area (Å²) >= 11 is 6.30. The Labute approximate surface area is 85.2 Å². The molecular formula is C6H4Br2N2O2. The molecule has 4 nitrogen and oxygen atoms in total. The number of nitrogens with zero attached hydrogens (tertiary/aromatic N) is 1. The van der Waals surface area contributed by atoms with Gasteiger partial charge in [0.25, 0.3) is 5.69 Å². The predicted molar refractivity (Wildman–Crippen MR) is 52.9 cm³/mol. The number of nitro groups is 1. The maximum absolute atomic E-state index is 10.4. The van der Waals surface area contributed by atoms with E-state index in [1.54, 1.807) is 6.07 Å². The average Bonchev–Trinajstić information content (AvgIpc) is 2.00. The molecule has 0 unspecified atom stereocenters. The normalized spacial score (nSPS) is 9.83. The van der Waals surface area contributed by atoms with Gasteiger partial charge in [-0.15, -0.1) is 0 Å². The second kappa shape index (κ2) is 3.40. The fraction of sp³-hybridized carbons (Fsp3) is 0. The van der Waals surface area contributed by atoms with Gasteiger partial charge < -0.3 is 5.73 Å². The molecule has 0 aliphatic carbocycles. The molecule has 64 valence electrons. The van der Waals surface area contributed by atoms with Crippen molar-refractivity contribution in [3.05, 3.63) is 31.2 Å². The summed E-state index contributed by atoms with van der Waals surface area (Å²) in [6.07, 6.45) is 0. The Morgan fingerprint density at radius 1 is 1.42 bits per heavy atom. The summed E-state index contributed by atoms with van der Waals surface area (Å²) in [5, 5.41) is 10.4. The molecule has 0 saturated carbocycles. The SMILES string of the molecule is Nc1c([N+](=O)[O-])ccc(Br)c1Br. The van der Waals surface area contributed by atoms with Crippen molar-refractivity contribution in [2.24, 2.45) is 0 Å². The van der Waals surface area contributed by atoms with Gasteiger partial charge in [-0.1, -0.05) is 0 Å². The zero-order chi connectivity index (χ0) is 9.30. The summed E-state index contributed by atoms with van der Waals surface area (Å²) in [7, 11) is 0.